The van der Waals surface area contributed by atoms with E-state index in [1.165, 1.54) is 20.1 Å². The first-order chi connectivity index (χ1) is 11.1. The molecule has 0 bridgehead atoms. The second-order valence-electron chi connectivity index (χ2n) is 5.23. The number of ether oxygens (including phenoxy) is 1. The number of anilines is 1. The number of rotatable bonds is 3. The number of carbonyl (C=O) groups is 1. The molecule has 24 heavy (non-hydrogen) atoms. The standard InChI is InChI=1S/C17H15F3INO2/c1-9-4-5-11(8-13(9)21)16(23)22-15-10(2)12(17(18,19)20)6-7-14(15)24-3/h4-8H,1-3H3,(H,22,23). The third kappa shape index (κ3) is 3.82. The maximum absolute atomic E-state index is 13.1. The summed E-state index contributed by atoms with van der Waals surface area (Å²) in [5.41, 5.74) is 0.505. The second kappa shape index (κ2) is 7.00. The predicted molar refractivity (Wildman–Crippen MR) is 94.6 cm³/mol. The van der Waals surface area contributed by atoms with Crippen LogP contribution in [0.4, 0.5) is 18.9 Å². The van der Waals surface area contributed by atoms with Gasteiger partial charge in [0.25, 0.3) is 5.91 Å². The fraction of sp³-hybridized carbons (Fsp3) is 0.235. The van der Waals surface area contributed by atoms with E-state index in [1.807, 2.05) is 6.92 Å². The molecule has 2 aromatic rings. The Bertz CT molecular complexity index is 788. The van der Waals surface area contributed by atoms with Gasteiger partial charge in [0.05, 0.1) is 18.4 Å². The van der Waals surface area contributed by atoms with Crippen LogP contribution < -0.4 is 10.1 Å². The molecule has 1 N–H and O–H groups in total. The molecule has 0 aliphatic heterocycles. The number of nitrogens with one attached hydrogen (secondary N) is 1. The normalized spacial score (nSPS) is 11.3. The summed E-state index contributed by atoms with van der Waals surface area (Å²) in [6.07, 6.45) is -4.50. The number of carbonyl (C=O) groups excluding carboxylic acids is 1. The van der Waals surface area contributed by atoms with Gasteiger partial charge in [0.1, 0.15) is 5.75 Å². The fourth-order valence-corrected chi connectivity index (χ4v) is 2.75. The second-order valence-corrected chi connectivity index (χ2v) is 6.39. The number of aryl methyl sites for hydroxylation is 1. The molecule has 1 amide bonds. The lowest BCUT2D eigenvalue weighted by atomic mass is 10.0. The molecule has 0 heterocycles. The van der Waals surface area contributed by atoms with E-state index < -0.39 is 17.6 Å². The van der Waals surface area contributed by atoms with Gasteiger partial charge in [-0.1, -0.05) is 6.07 Å². The van der Waals surface area contributed by atoms with E-state index in [1.54, 1.807) is 18.2 Å². The van der Waals surface area contributed by atoms with Crippen molar-refractivity contribution in [1.82, 2.24) is 0 Å². The number of halogens is 4. The van der Waals surface area contributed by atoms with Gasteiger partial charge in [0.15, 0.2) is 0 Å². The number of hydrogen-bond acceptors (Lipinski definition) is 2. The quantitative estimate of drug-likeness (QED) is 0.656. The average Bonchev–Trinajstić information content (AvgIpc) is 2.50. The minimum Gasteiger partial charge on any atom is -0.495 e. The Morgan fingerprint density at radius 3 is 2.38 bits per heavy atom. The predicted octanol–water partition coefficient (Wildman–Crippen LogP) is 5.19. The van der Waals surface area contributed by atoms with Crippen LogP contribution in [0.5, 0.6) is 5.75 Å². The van der Waals surface area contributed by atoms with Crippen LogP contribution in [-0.4, -0.2) is 13.0 Å². The van der Waals surface area contributed by atoms with Crippen molar-refractivity contribution in [3.8, 4) is 5.75 Å². The molecule has 0 unspecified atom stereocenters. The molecule has 7 heteroatoms. The minimum absolute atomic E-state index is 0.0212. The molecular formula is C17H15F3INO2. The van der Waals surface area contributed by atoms with E-state index in [-0.39, 0.29) is 17.0 Å². The molecule has 0 aromatic heterocycles. The lowest BCUT2D eigenvalue weighted by Crippen LogP contribution is -2.16. The highest BCUT2D eigenvalue weighted by Crippen LogP contribution is 2.39. The molecule has 128 valence electrons. The summed E-state index contributed by atoms with van der Waals surface area (Å²) in [4.78, 5) is 12.4. The van der Waals surface area contributed by atoms with Crippen LogP contribution in [0, 0.1) is 17.4 Å². The van der Waals surface area contributed by atoms with Gasteiger partial charge in [-0.15, -0.1) is 0 Å². The largest absolute Gasteiger partial charge is 0.495 e. The number of amides is 1. The lowest BCUT2D eigenvalue weighted by molar-refractivity contribution is -0.138. The number of hydrogen-bond donors (Lipinski definition) is 1. The van der Waals surface area contributed by atoms with Crippen LogP contribution in [0.1, 0.15) is 27.0 Å². The fourth-order valence-electron chi connectivity index (χ4n) is 2.24. The summed E-state index contributed by atoms with van der Waals surface area (Å²) in [5.74, 6) is -0.315. The van der Waals surface area contributed by atoms with Crippen molar-refractivity contribution in [1.29, 1.82) is 0 Å². The van der Waals surface area contributed by atoms with Crippen molar-refractivity contribution in [2.75, 3.05) is 12.4 Å². The van der Waals surface area contributed by atoms with Gasteiger partial charge in [-0.2, -0.15) is 13.2 Å². The van der Waals surface area contributed by atoms with Gasteiger partial charge in [-0.05, 0) is 71.8 Å². The number of alkyl halides is 3. The minimum atomic E-state index is -4.50. The number of methoxy groups -OCH3 is 1. The lowest BCUT2D eigenvalue weighted by Gasteiger charge is -2.18. The Balaban J connectivity index is 2.44. The first-order valence-electron chi connectivity index (χ1n) is 6.97. The average molecular weight is 449 g/mol. The highest BCUT2D eigenvalue weighted by atomic mass is 127. The summed E-state index contributed by atoms with van der Waals surface area (Å²) in [6, 6.07) is 7.23. The van der Waals surface area contributed by atoms with E-state index in [0.29, 0.717) is 5.56 Å². The van der Waals surface area contributed by atoms with Gasteiger partial charge in [0.2, 0.25) is 0 Å². The molecule has 0 saturated heterocycles. The molecule has 2 rings (SSSR count). The van der Waals surface area contributed by atoms with Crippen molar-refractivity contribution in [3.05, 3.63) is 56.2 Å². The van der Waals surface area contributed by atoms with E-state index in [9.17, 15) is 18.0 Å². The maximum atomic E-state index is 13.1. The van der Waals surface area contributed by atoms with E-state index in [4.69, 9.17) is 4.74 Å². The Hall–Kier alpha value is -1.77. The Kier molecular flexibility index (Phi) is 5.42. The molecule has 0 saturated carbocycles. The molecule has 0 aliphatic rings. The van der Waals surface area contributed by atoms with Gasteiger partial charge in [-0.25, -0.2) is 0 Å². The van der Waals surface area contributed by atoms with Crippen LogP contribution in [-0.2, 0) is 6.18 Å². The molecule has 0 spiro atoms. The van der Waals surface area contributed by atoms with Crippen molar-refractivity contribution in [2.45, 2.75) is 20.0 Å². The van der Waals surface area contributed by atoms with Gasteiger partial charge < -0.3 is 10.1 Å². The monoisotopic (exact) mass is 449 g/mol. The van der Waals surface area contributed by atoms with Crippen LogP contribution >= 0.6 is 22.6 Å². The van der Waals surface area contributed by atoms with E-state index >= 15 is 0 Å². The third-order valence-electron chi connectivity index (χ3n) is 3.62. The summed E-state index contributed by atoms with van der Waals surface area (Å²) >= 11 is 2.10. The summed E-state index contributed by atoms with van der Waals surface area (Å²) in [5, 5.41) is 2.54. The van der Waals surface area contributed by atoms with E-state index in [2.05, 4.69) is 27.9 Å². The van der Waals surface area contributed by atoms with Crippen LogP contribution in [0.2, 0.25) is 0 Å². The molecule has 0 fully saturated rings. The van der Waals surface area contributed by atoms with Crippen LogP contribution in [0.25, 0.3) is 0 Å². The van der Waals surface area contributed by atoms with Gasteiger partial charge in [-0.3, -0.25) is 4.79 Å². The highest BCUT2D eigenvalue weighted by molar-refractivity contribution is 14.1. The molecule has 0 aliphatic carbocycles. The highest BCUT2D eigenvalue weighted by Gasteiger charge is 2.34. The summed E-state index contributed by atoms with van der Waals surface area (Å²) < 4.78 is 45.2. The van der Waals surface area contributed by atoms with Crippen molar-refractivity contribution in [3.63, 3.8) is 0 Å². The zero-order valence-corrected chi connectivity index (χ0v) is 15.4. The SMILES string of the molecule is COc1ccc(C(F)(F)F)c(C)c1NC(=O)c1ccc(C)c(I)c1. The summed E-state index contributed by atoms with van der Waals surface area (Å²) in [6.45, 7) is 3.21. The molecule has 0 atom stereocenters. The van der Waals surface area contributed by atoms with Crippen molar-refractivity contribution >= 4 is 34.2 Å². The van der Waals surface area contributed by atoms with Crippen molar-refractivity contribution in [2.24, 2.45) is 0 Å². The Morgan fingerprint density at radius 1 is 1.17 bits per heavy atom. The van der Waals surface area contributed by atoms with Crippen LogP contribution in [0.15, 0.2) is 30.3 Å². The zero-order valence-electron chi connectivity index (χ0n) is 13.2. The Morgan fingerprint density at radius 2 is 1.83 bits per heavy atom. The first-order valence-corrected chi connectivity index (χ1v) is 8.05. The van der Waals surface area contributed by atoms with Crippen molar-refractivity contribution < 1.29 is 22.7 Å². The number of benzene rings is 2. The third-order valence-corrected chi connectivity index (χ3v) is 4.79. The van der Waals surface area contributed by atoms with Gasteiger partial charge >= 0.3 is 6.18 Å². The topological polar surface area (TPSA) is 38.3 Å². The smallest absolute Gasteiger partial charge is 0.416 e. The Labute approximate surface area is 151 Å². The van der Waals surface area contributed by atoms with Crippen LogP contribution in [0.3, 0.4) is 0 Å². The molecule has 2 aromatic carbocycles. The molecular weight excluding hydrogens is 434 g/mol. The summed E-state index contributed by atoms with van der Waals surface area (Å²) in [7, 11) is 1.34. The van der Waals surface area contributed by atoms with E-state index in [0.717, 1.165) is 15.2 Å². The first kappa shape index (κ1) is 18.6. The molecule has 0 radical (unpaired) electrons. The maximum Gasteiger partial charge on any atom is 0.416 e. The zero-order chi connectivity index (χ0) is 18.1. The molecule has 3 nitrogen and oxygen atoms in total. The van der Waals surface area contributed by atoms with Gasteiger partial charge in [0, 0.05) is 9.13 Å².